The molecule has 1 aliphatic heterocycles. The Morgan fingerprint density at radius 1 is 1.53 bits per heavy atom. The summed E-state index contributed by atoms with van der Waals surface area (Å²) in [5.74, 6) is -0.960. The number of benzene rings is 1. The number of ether oxygens (including phenoxy) is 1. The first-order valence-corrected chi connectivity index (χ1v) is 6.38. The van der Waals surface area contributed by atoms with Crippen molar-refractivity contribution in [2.45, 2.75) is 25.4 Å². The standard InChI is InChI=1S/C14H20N2O3/c1-14(19-2)6-3-7-16(9-14)12-5-4-10(13(17)18)8-11(12)15/h4-5,8H,3,6-7,9,15H2,1-2H3,(H,17,18). The molecule has 1 unspecified atom stereocenters. The van der Waals surface area contributed by atoms with E-state index in [-0.39, 0.29) is 11.2 Å². The van der Waals surface area contributed by atoms with Crippen LogP contribution >= 0.6 is 0 Å². The minimum absolute atomic E-state index is 0.170. The first kappa shape index (κ1) is 13.7. The first-order chi connectivity index (χ1) is 8.95. The Morgan fingerprint density at radius 2 is 2.26 bits per heavy atom. The van der Waals surface area contributed by atoms with Gasteiger partial charge in [0.1, 0.15) is 0 Å². The lowest BCUT2D eigenvalue weighted by Crippen LogP contribution is -2.47. The lowest BCUT2D eigenvalue weighted by molar-refractivity contribution is -0.00462. The van der Waals surface area contributed by atoms with E-state index in [9.17, 15) is 4.79 Å². The van der Waals surface area contributed by atoms with E-state index in [1.54, 1.807) is 19.2 Å². The SMILES string of the molecule is COC1(C)CCCN(c2ccc(C(=O)O)cc2N)C1. The third kappa shape index (κ3) is 2.81. The van der Waals surface area contributed by atoms with Gasteiger partial charge in [0, 0.05) is 20.2 Å². The molecule has 1 fully saturated rings. The molecule has 0 spiro atoms. The van der Waals surface area contributed by atoms with Crippen LogP contribution in [-0.2, 0) is 4.74 Å². The molecule has 3 N–H and O–H groups in total. The maximum Gasteiger partial charge on any atom is 0.335 e. The number of hydrogen-bond donors (Lipinski definition) is 2. The van der Waals surface area contributed by atoms with Gasteiger partial charge < -0.3 is 20.5 Å². The fourth-order valence-electron chi connectivity index (χ4n) is 2.55. The summed E-state index contributed by atoms with van der Waals surface area (Å²) in [5.41, 5.74) is 7.40. The summed E-state index contributed by atoms with van der Waals surface area (Å²) in [6.45, 7) is 3.76. The maximum absolute atomic E-state index is 10.9. The van der Waals surface area contributed by atoms with Crippen LogP contribution in [0.4, 0.5) is 11.4 Å². The van der Waals surface area contributed by atoms with Gasteiger partial charge in [-0.15, -0.1) is 0 Å². The molecule has 0 aliphatic carbocycles. The monoisotopic (exact) mass is 264 g/mol. The van der Waals surface area contributed by atoms with Gasteiger partial charge in [-0.25, -0.2) is 4.79 Å². The number of methoxy groups -OCH3 is 1. The van der Waals surface area contributed by atoms with Crippen LogP contribution in [0.25, 0.3) is 0 Å². The van der Waals surface area contributed by atoms with Gasteiger partial charge in [-0.1, -0.05) is 0 Å². The number of carboxylic acids is 1. The molecule has 2 rings (SSSR count). The lowest BCUT2D eigenvalue weighted by atomic mass is 9.94. The zero-order valence-corrected chi connectivity index (χ0v) is 11.3. The second-order valence-electron chi connectivity index (χ2n) is 5.26. The van der Waals surface area contributed by atoms with E-state index >= 15 is 0 Å². The molecule has 1 saturated heterocycles. The molecular formula is C14H20N2O3. The molecule has 0 bridgehead atoms. The number of carbonyl (C=O) groups is 1. The summed E-state index contributed by atoms with van der Waals surface area (Å²) in [7, 11) is 1.72. The van der Waals surface area contributed by atoms with E-state index < -0.39 is 5.97 Å². The predicted octanol–water partition coefficient (Wildman–Crippen LogP) is 1.97. The minimum Gasteiger partial charge on any atom is -0.478 e. The van der Waals surface area contributed by atoms with Crippen LogP contribution in [-0.4, -0.2) is 36.9 Å². The zero-order chi connectivity index (χ0) is 14.0. The summed E-state index contributed by atoms with van der Waals surface area (Å²) in [6, 6.07) is 4.88. The molecule has 0 saturated carbocycles. The highest BCUT2D eigenvalue weighted by molar-refractivity contribution is 5.90. The van der Waals surface area contributed by atoms with E-state index in [1.165, 1.54) is 6.07 Å². The summed E-state index contributed by atoms with van der Waals surface area (Å²) in [6.07, 6.45) is 2.05. The van der Waals surface area contributed by atoms with Crippen LogP contribution in [0, 0.1) is 0 Å². The van der Waals surface area contributed by atoms with Crippen LogP contribution in [0.1, 0.15) is 30.1 Å². The van der Waals surface area contributed by atoms with Crippen LogP contribution < -0.4 is 10.6 Å². The molecule has 19 heavy (non-hydrogen) atoms. The molecule has 5 nitrogen and oxygen atoms in total. The van der Waals surface area contributed by atoms with Crippen molar-refractivity contribution in [1.82, 2.24) is 0 Å². The second kappa shape index (κ2) is 5.09. The number of carboxylic acid groups (broad SMARTS) is 1. The van der Waals surface area contributed by atoms with Crippen LogP contribution in [0.5, 0.6) is 0 Å². The van der Waals surface area contributed by atoms with Gasteiger partial charge in [0.15, 0.2) is 0 Å². The van der Waals surface area contributed by atoms with E-state index in [4.69, 9.17) is 15.6 Å². The Kier molecular flexibility index (Phi) is 3.66. The van der Waals surface area contributed by atoms with Gasteiger partial charge in [-0.2, -0.15) is 0 Å². The lowest BCUT2D eigenvalue weighted by Gasteiger charge is -2.41. The minimum atomic E-state index is -0.960. The Bertz CT molecular complexity index is 490. The molecule has 104 valence electrons. The molecule has 1 aliphatic rings. The molecule has 0 amide bonds. The number of rotatable bonds is 3. The van der Waals surface area contributed by atoms with Gasteiger partial charge in [-0.3, -0.25) is 0 Å². The van der Waals surface area contributed by atoms with Crippen molar-refractivity contribution in [3.05, 3.63) is 23.8 Å². The number of aromatic carboxylic acids is 1. The predicted molar refractivity (Wildman–Crippen MR) is 74.7 cm³/mol. The fourth-order valence-corrected chi connectivity index (χ4v) is 2.55. The number of anilines is 2. The van der Waals surface area contributed by atoms with Crippen molar-refractivity contribution in [2.75, 3.05) is 30.8 Å². The Balaban J connectivity index is 2.24. The van der Waals surface area contributed by atoms with Gasteiger partial charge in [0.25, 0.3) is 0 Å². The number of nitrogens with two attached hydrogens (primary N) is 1. The number of nitrogens with zero attached hydrogens (tertiary/aromatic N) is 1. The second-order valence-corrected chi connectivity index (χ2v) is 5.26. The zero-order valence-electron chi connectivity index (χ0n) is 11.3. The molecule has 1 aromatic carbocycles. The van der Waals surface area contributed by atoms with Crippen molar-refractivity contribution >= 4 is 17.3 Å². The van der Waals surface area contributed by atoms with Gasteiger partial charge >= 0.3 is 5.97 Å². The van der Waals surface area contributed by atoms with Crippen molar-refractivity contribution in [3.63, 3.8) is 0 Å². The number of hydrogen-bond acceptors (Lipinski definition) is 4. The normalized spacial score (nSPS) is 23.4. The Morgan fingerprint density at radius 3 is 2.84 bits per heavy atom. The van der Waals surface area contributed by atoms with Crippen LogP contribution in [0.2, 0.25) is 0 Å². The third-order valence-electron chi connectivity index (χ3n) is 3.77. The Labute approximate surface area is 113 Å². The van der Waals surface area contributed by atoms with E-state index in [0.717, 1.165) is 31.6 Å². The fraction of sp³-hybridized carbons (Fsp3) is 0.500. The van der Waals surface area contributed by atoms with Crippen LogP contribution in [0.15, 0.2) is 18.2 Å². The van der Waals surface area contributed by atoms with Crippen molar-refractivity contribution in [3.8, 4) is 0 Å². The smallest absolute Gasteiger partial charge is 0.335 e. The topological polar surface area (TPSA) is 75.8 Å². The van der Waals surface area contributed by atoms with E-state index in [1.807, 2.05) is 0 Å². The van der Waals surface area contributed by atoms with Crippen LogP contribution in [0.3, 0.4) is 0 Å². The average Bonchev–Trinajstić information content (AvgIpc) is 2.38. The highest BCUT2D eigenvalue weighted by atomic mass is 16.5. The van der Waals surface area contributed by atoms with Gasteiger partial charge in [0.05, 0.1) is 22.5 Å². The maximum atomic E-state index is 10.9. The molecule has 1 heterocycles. The molecule has 5 heteroatoms. The molecule has 0 aromatic heterocycles. The van der Waals surface area contributed by atoms with Crippen molar-refractivity contribution in [1.29, 1.82) is 0 Å². The average molecular weight is 264 g/mol. The molecule has 1 atom stereocenters. The molecule has 1 aromatic rings. The molecular weight excluding hydrogens is 244 g/mol. The Hall–Kier alpha value is -1.75. The third-order valence-corrected chi connectivity index (χ3v) is 3.77. The largest absolute Gasteiger partial charge is 0.478 e. The van der Waals surface area contributed by atoms with Gasteiger partial charge in [-0.05, 0) is 38.0 Å². The first-order valence-electron chi connectivity index (χ1n) is 6.38. The number of nitrogen functional groups attached to an aromatic ring is 1. The highest BCUT2D eigenvalue weighted by Crippen LogP contribution is 2.31. The quantitative estimate of drug-likeness (QED) is 0.816. The van der Waals surface area contributed by atoms with Crippen molar-refractivity contribution < 1.29 is 14.6 Å². The van der Waals surface area contributed by atoms with E-state index in [2.05, 4.69) is 11.8 Å². The summed E-state index contributed by atoms with van der Waals surface area (Å²) < 4.78 is 5.56. The van der Waals surface area contributed by atoms with E-state index in [0.29, 0.717) is 5.69 Å². The number of piperidine rings is 1. The van der Waals surface area contributed by atoms with Gasteiger partial charge in [0.2, 0.25) is 0 Å². The molecule has 0 radical (unpaired) electrons. The summed E-state index contributed by atoms with van der Waals surface area (Å²) in [5, 5.41) is 8.94. The highest BCUT2D eigenvalue weighted by Gasteiger charge is 2.31. The summed E-state index contributed by atoms with van der Waals surface area (Å²) >= 11 is 0. The van der Waals surface area contributed by atoms with Crippen molar-refractivity contribution in [2.24, 2.45) is 0 Å². The summed E-state index contributed by atoms with van der Waals surface area (Å²) in [4.78, 5) is 13.1.